The van der Waals surface area contributed by atoms with Crippen LogP contribution in [-0.4, -0.2) is 19.2 Å². The molecule has 21 heavy (non-hydrogen) atoms. The van der Waals surface area contributed by atoms with Crippen molar-refractivity contribution in [1.82, 2.24) is 5.32 Å². The number of ether oxygens (including phenoxy) is 1. The van der Waals surface area contributed by atoms with Crippen molar-refractivity contribution in [3.8, 4) is 5.75 Å². The highest BCUT2D eigenvalue weighted by molar-refractivity contribution is 5.27. The van der Waals surface area contributed by atoms with Gasteiger partial charge in [0.25, 0.3) is 0 Å². The normalized spacial score (nSPS) is 12.3. The maximum Gasteiger partial charge on any atom is 0.119 e. The minimum Gasteiger partial charge on any atom is -0.494 e. The fraction of sp³-hybridized carbons (Fsp3) is 0.684. The van der Waals surface area contributed by atoms with Crippen LogP contribution in [0.5, 0.6) is 5.75 Å². The highest BCUT2D eigenvalue weighted by Crippen LogP contribution is 2.14. The molecule has 1 aromatic carbocycles. The van der Waals surface area contributed by atoms with Crippen LogP contribution in [0.4, 0.5) is 0 Å². The molecule has 1 unspecified atom stereocenters. The van der Waals surface area contributed by atoms with Crippen LogP contribution >= 0.6 is 0 Å². The van der Waals surface area contributed by atoms with Gasteiger partial charge in [-0.05, 0) is 44.0 Å². The molecule has 2 nitrogen and oxygen atoms in total. The number of hydrogen-bond acceptors (Lipinski definition) is 2. The molecular weight excluding hydrogens is 258 g/mol. The molecule has 0 saturated carbocycles. The molecule has 0 aliphatic rings. The topological polar surface area (TPSA) is 21.3 Å². The molecule has 0 aliphatic carbocycles. The minimum absolute atomic E-state index is 0.532. The zero-order valence-corrected chi connectivity index (χ0v) is 14.2. The maximum atomic E-state index is 5.80. The molecular formula is C19H33NO. The van der Waals surface area contributed by atoms with E-state index in [4.69, 9.17) is 4.74 Å². The van der Waals surface area contributed by atoms with Crippen LogP contribution in [0.1, 0.15) is 64.9 Å². The Bertz CT molecular complexity index is 347. The first kappa shape index (κ1) is 18.0. The molecule has 0 fully saturated rings. The second-order valence-corrected chi connectivity index (χ2v) is 5.92. The Balaban J connectivity index is 2.16. The zero-order chi connectivity index (χ0) is 15.3. The summed E-state index contributed by atoms with van der Waals surface area (Å²) in [6, 6.07) is 9.11. The average Bonchev–Trinajstić information content (AvgIpc) is 2.48. The third kappa shape index (κ3) is 8.77. The van der Waals surface area contributed by atoms with E-state index in [2.05, 4.69) is 50.4 Å². The van der Waals surface area contributed by atoms with E-state index in [0.717, 1.165) is 25.3 Å². The molecule has 0 bridgehead atoms. The lowest BCUT2D eigenvalue weighted by Gasteiger charge is -2.12. The van der Waals surface area contributed by atoms with Crippen molar-refractivity contribution >= 4 is 0 Å². The molecule has 0 spiro atoms. The Labute approximate surface area is 131 Å². The largest absolute Gasteiger partial charge is 0.494 e. The molecule has 0 radical (unpaired) electrons. The summed E-state index contributed by atoms with van der Waals surface area (Å²) in [7, 11) is 0. The fourth-order valence-corrected chi connectivity index (χ4v) is 2.57. The monoisotopic (exact) mass is 291 g/mol. The average molecular weight is 291 g/mol. The van der Waals surface area contributed by atoms with Gasteiger partial charge in [-0.2, -0.15) is 0 Å². The Morgan fingerprint density at radius 2 is 1.62 bits per heavy atom. The van der Waals surface area contributed by atoms with Gasteiger partial charge in [-0.3, -0.25) is 0 Å². The summed E-state index contributed by atoms with van der Waals surface area (Å²) >= 11 is 0. The predicted octanol–water partition coefficient (Wildman–Crippen LogP) is 4.97. The number of likely N-dealkylation sites (N-methyl/N-ethyl adjacent to an activating group) is 1. The van der Waals surface area contributed by atoms with E-state index in [9.17, 15) is 0 Å². The highest BCUT2D eigenvalue weighted by Gasteiger charge is 2.02. The summed E-state index contributed by atoms with van der Waals surface area (Å²) in [4.78, 5) is 0. The van der Waals surface area contributed by atoms with Gasteiger partial charge in [0.15, 0.2) is 0 Å². The number of benzene rings is 1. The summed E-state index contributed by atoms with van der Waals surface area (Å²) in [5.41, 5.74) is 1.37. The molecule has 0 heterocycles. The number of rotatable bonds is 12. The van der Waals surface area contributed by atoms with Crippen LogP contribution in [0.15, 0.2) is 24.3 Å². The van der Waals surface area contributed by atoms with Crippen LogP contribution in [-0.2, 0) is 6.42 Å². The van der Waals surface area contributed by atoms with Crippen LogP contribution in [0.2, 0.25) is 0 Å². The molecule has 2 heteroatoms. The van der Waals surface area contributed by atoms with Gasteiger partial charge in [0.2, 0.25) is 0 Å². The van der Waals surface area contributed by atoms with E-state index in [1.54, 1.807) is 0 Å². The standard InChI is InChI=1S/C19H33NO/c1-4-6-7-8-9-10-15-21-19-13-11-18(12-14-19)16-17(3)20-5-2/h11-14,17,20H,4-10,15-16H2,1-3H3. The van der Waals surface area contributed by atoms with Gasteiger partial charge in [0, 0.05) is 6.04 Å². The van der Waals surface area contributed by atoms with Gasteiger partial charge in [0.05, 0.1) is 6.61 Å². The highest BCUT2D eigenvalue weighted by atomic mass is 16.5. The first-order valence-corrected chi connectivity index (χ1v) is 8.71. The van der Waals surface area contributed by atoms with Crippen LogP contribution in [0, 0.1) is 0 Å². The zero-order valence-electron chi connectivity index (χ0n) is 14.2. The van der Waals surface area contributed by atoms with Gasteiger partial charge >= 0.3 is 0 Å². The Hall–Kier alpha value is -1.02. The Kier molecular flexibility index (Phi) is 9.98. The summed E-state index contributed by atoms with van der Waals surface area (Å²) in [5, 5.41) is 3.44. The van der Waals surface area contributed by atoms with Gasteiger partial charge in [-0.1, -0.05) is 58.1 Å². The fourth-order valence-electron chi connectivity index (χ4n) is 2.57. The maximum absolute atomic E-state index is 5.80. The lowest BCUT2D eigenvalue weighted by Crippen LogP contribution is -2.27. The lowest BCUT2D eigenvalue weighted by atomic mass is 10.1. The summed E-state index contributed by atoms with van der Waals surface area (Å²) < 4.78 is 5.80. The second-order valence-electron chi connectivity index (χ2n) is 5.92. The van der Waals surface area contributed by atoms with Crippen molar-refractivity contribution in [3.05, 3.63) is 29.8 Å². The van der Waals surface area contributed by atoms with Crippen molar-refractivity contribution in [2.24, 2.45) is 0 Å². The van der Waals surface area contributed by atoms with E-state index in [1.807, 2.05) is 0 Å². The SMILES string of the molecule is CCCCCCCCOc1ccc(CC(C)NCC)cc1. The van der Waals surface area contributed by atoms with E-state index < -0.39 is 0 Å². The Morgan fingerprint density at radius 3 is 2.29 bits per heavy atom. The quantitative estimate of drug-likeness (QED) is 0.549. The van der Waals surface area contributed by atoms with Gasteiger partial charge in [-0.15, -0.1) is 0 Å². The molecule has 1 aromatic rings. The van der Waals surface area contributed by atoms with Gasteiger partial charge in [-0.25, -0.2) is 0 Å². The van der Waals surface area contributed by atoms with E-state index in [0.29, 0.717) is 6.04 Å². The molecule has 0 saturated heterocycles. The van der Waals surface area contributed by atoms with E-state index in [-0.39, 0.29) is 0 Å². The molecule has 120 valence electrons. The second kappa shape index (κ2) is 11.6. The summed E-state index contributed by atoms with van der Waals surface area (Å²) in [6.07, 6.45) is 8.93. The minimum atomic E-state index is 0.532. The number of nitrogens with one attached hydrogen (secondary N) is 1. The van der Waals surface area contributed by atoms with Crippen molar-refractivity contribution in [2.75, 3.05) is 13.2 Å². The number of unbranched alkanes of at least 4 members (excludes halogenated alkanes) is 5. The molecule has 1 N–H and O–H groups in total. The summed E-state index contributed by atoms with van der Waals surface area (Å²) in [5.74, 6) is 1.00. The van der Waals surface area contributed by atoms with Gasteiger partial charge in [0.1, 0.15) is 5.75 Å². The van der Waals surface area contributed by atoms with Crippen LogP contribution in [0.3, 0.4) is 0 Å². The summed E-state index contributed by atoms with van der Waals surface area (Å²) in [6.45, 7) is 8.51. The third-order valence-electron chi connectivity index (χ3n) is 3.78. The van der Waals surface area contributed by atoms with Crippen molar-refractivity contribution in [2.45, 2.75) is 71.8 Å². The molecule has 0 amide bonds. The van der Waals surface area contributed by atoms with Crippen molar-refractivity contribution in [3.63, 3.8) is 0 Å². The Morgan fingerprint density at radius 1 is 0.952 bits per heavy atom. The van der Waals surface area contributed by atoms with Gasteiger partial charge < -0.3 is 10.1 Å². The molecule has 1 atom stereocenters. The molecule has 1 rings (SSSR count). The van der Waals surface area contributed by atoms with Crippen LogP contribution < -0.4 is 10.1 Å². The third-order valence-corrected chi connectivity index (χ3v) is 3.78. The molecule has 0 aliphatic heterocycles. The predicted molar refractivity (Wildman–Crippen MR) is 92.2 cm³/mol. The van der Waals surface area contributed by atoms with Crippen LogP contribution in [0.25, 0.3) is 0 Å². The van der Waals surface area contributed by atoms with Crippen molar-refractivity contribution < 1.29 is 4.74 Å². The molecule has 0 aromatic heterocycles. The first-order valence-electron chi connectivity index (χ1n) is 8.71. The van der Waals surface area contributed by atoms with E-state index in [1.165, 1.54) is 44.1 Å². The van der Waals surface area contributed by atoms with E-state index >= 15 is 0 Å². The van der Waals surface area contributed by atoms with Crippen molar-refractivity contribution in [1.29, 1.82) is 0 Å². The smallest absolute Gasteiger partial charge is 0.119 e. The first-order chi connectivity index (χ1) is 10.3. The number of hydrogen-bond donors (Lipinski definition) is 1. The lowest BCUT2D eigenvalue weighted by molar-refractivity contribution is 0.304.